The molecule has 2 fully saturated rings. The van der Waals surface area contributed by atoms with Crippen LogP contribution in [-0.2, 0) is 10.2 Å². The van der Waals surface area contributed by atoms with Crippen LogP contribution >= 0.6 is 11.8 Å². The Morgan fingerprint density at radius 3 is 2.76 bits per heavy atom. The quantitative estimate of drug-likeness (QED) is 0.615. The Hall–Kier alpha value is -2.79. The van der Waals surface area contributed by atoms with Gasteiger partial charge in [-0.2, -0.15) is 17.0 Å². The monoisotopic (exact) mass is 473 g/mol. The second-order valence-corrected chi connectivity index (χ2v) is 10.5. The number of nitrogens with one attached hydrogen (secondary N) is 1. The lowest BCUT2D eigenvalue weighted by Gasteiger charge is -2.41. The number of fused-ring (bicyclic) bond motifs is 6. The van der Waals surface area contributed by atoms with Crippen molar-refractivity contribution in [1.82, 2.24) is 9.88 Å². The molecule has 6 rings (SSSR count). The number of nitrogens with zero attached hydrogens (tertiary/aromatic N) is 2. The Balaban J connectivity index is 1.38. The average Bonchev–Trinajstić information content (AvgIpc) is 3.28. The number of thioether (sulfide) groups is 1. The minimum absolute atomic E-state index is 0.0374. The van der Waals surface area contributed by atoms with Crippen LogP contribution in [0.5, 0.6) is 5.75 Å². The Morgan fingerprint density at radius 2 is 1.97 bits per heavy atom. The van der Waals surface area contributed by atoms with Crippen molar-refractivity contribution in [2.75, 3.05) is 51.0 Å². The van der Waals surface area contributed by atoms with Crippen LogP contribution in [0.15, 0.2) is 36.4 Å². The molecule has 3 aromatic rings. The highest BCUT2D eigenvalue weighted by atomic mass is 32.2. The van der Waals surface area contributed by atoms with E-state index in [1.54, 1.807) is 6.07 Å². The zero-order valence-corrected chi connectivity index (χ0v) is 19.9. The molecule has 0 bridgehead atoms. The van der Waals surface area contributed by atoms with Crippen LogP contribution in [0.25, 0.3) is 10.9 Å². The second-order valence-electron chi connectivity index (χ2n) is 9.28. The number of nitriles is 1. The lowest BCUT2D eigenvalue weighted by atomic mass is 9.64. The molecular formula is C27H27N3O3S. The molecule has 0 saturated carbocycles. The lowest BCUT2D eigenvalue weighted by Crippen LogP contribution is -2.40. The summed E-state index contributed by atoms with van der Waals surface area (Å²) >= 11 is 2.01. The van der Waals surface area contributed by atoms with E-state index in [-0.39, 0.29) is 11.2 Å². The van der Waals surface area contributed by atoms with Crippen LogP contribution < -0.4 is 4.74 Å². The number of ketones is 1. The van der Waals surface area contributed by atoms with Crippen LogP contribution in [0.1, 0.15) is 45.6 Å². The first kappa shape index (κ1) is 21.7. The topological polar surface area (TPSA) is 78.4 Å². The summed E-state index contributed by atoms with van der Waals surface area (Å²) in [6.07, 6.45) is 1.60. The first-order valence-corrected chi connectivity index (χ1v) is 13.1. The average molecular weight is 474 g/mol. The fourth-order valence-electron chi connectivity index (χ4n) is 5.69. The maximum atomic E-state index is 13.7. The summed E-state index contributed by atoms with van der Waals surface area (Å²) in [4.78, 5) is 19.7. The van der Waals surface area contributed by atoms with E-state index in [4.69, 9.17) is 9.47 Å². The molecule has 174 valence electrons. The van der Waals surface area contributed by atoms with Crippen molar-refractivity contribution >= 4 is 28.4 Å². The number of aromatic amines is 1. The van der Waals surface area contributed by atoms with Crippen molar-refractivity contribution in [2.24, 2.45) is 0 Å². The van der Waals surface area contributed by atoms with E-state index >= 15 is 0 Å². The minimum Gasteiger partial charge on any atom is -0.492 e. The van der Waals surface area contributed by atoms with E-state index in [0.717, 1.165) is 71.5 Å². The van der Waals surface area contributed by atoms with Gasteiger partial charge in [-0.15, -0.1) is 0 Å². The Labute approximate surface area is 203 Å². The lowest BCUT2D eigenvalue weighted by molar-refractivity contribution is 0.0601. The molecule has 2 aliphatic heterocycles. The van der Waals surface area contributed by atoms with Gasteiger partial charge >= 0.3 is 0 Å². The number of aromatic nitrogens is 1. The predicted molar refractivity (Wildman–Crippen MR) is 133 cm³/mol. The third kappa shape index (κ3) is 3.52. The standard InChI is InChI=1S/C27H27N3O3S/c28-17-18-1-3-21-23(15-18)29-26-24(21)25(31)20-4-2-19(33-12-7-30-8-13-34-14-9-30)16-22(20)27(26)5-10-32-11-6-27/h1-4,15-16,29H,5-14H2. The Kier molecular flexibility index (Phi) is 5.60. The fraction of sp³-hybridized carbons (Fsp3) is 0.407. The van der Waals surface area contributed by atoms with Gasteiger partial charge in [0.05, 0.1) is 17.2 Å². The highest BCUT2D eigenvalue weighted by Gasteiger charge is 2.47. The molecule has 0 atom stereocenters. The van der Waals surface area contributed by atoms with Crippen molar-refractivity contribution in [1.29, 1.82) is 5.26 Å². The molecule has 7 heteroatoms. The van der Waals surface area contributed by atoms with E-state index in [0.29, 0.717) is 25.4 Å². The van der Waals surface area contributed by atoms with Crippen LogP contribution in [0.3, 0.4) is 0 Å². The van der Waals surface area contributed by atoms with Gasteiger partial charge in [-0.25, -0.2) is 0 Å². The predicted octanol–water partition coefficient (Wildman–Crippen LogP) is 4.11. The SMILES string of the molecule is N#Cc1ccc2c3c([nH]c2c1)C1(CCOCC1)c1cc(OCCN2CCSCC2)ccc1C3=O. The summed E-state index contributed by atoms with van der Waals surface area (Å²) in [5.41, 5.74) is 4.58. The Bertz CT molecular complexity index is 1300. The number of hydrogen-bond acceptors (Lipinski definition) is 6. The van der Waals surface area contributed by atoms with Gasteiger partial charge in [0, 0.05) is 71.9 Å². The highest BCUT2D eigenvalue weighted by molar-refractivity contribution is 7.99. The van der Waals surface area contributed by atoms with Gasteiger partial charge in [-0.3, -0.25) is 9.69 Å². The third-order valence-corrected chi connectivity index (χ3v) is 8.45. The van der Waals surface area contributed by atoms with Gasteiger partial charge in [-0.05, 0) is 48.7 Å². The zero-order valence-electron chi connectivity index (χ0n) is 19.1. The number of rotatable bonds is 4. The maximum absolute atomic E-state index is 13.7. The molecule has 0 amide bonds. The third-order valence-electron chi connectivity index (χ3n) is 7.51. The van der Waals surface area contributed by atoms with Crippen molar-refractivity contribution in [3.63, 3.8) is 0 Å². The molecule has 1 aliphatic carbocycles. The number of carbonyl (C=O) groups is 1. The smallest absolute Gasteiger partial charge is 0.195 e. The van der Waals surface area contributed by atoms with Gasteiger partial charge < -0.3 is 14.5 Å². The van der Waals surface area contributed by atoms with Gasteiger partial charge in [0.15, 0.2) is 5.78 Å². The molecule has 3 aliphatic rings. The molecular weight excluding hydrogens is 446 g/mol. The summed E-state index contributed by atoms with van der Waals surface area (Å²) in [5, 5.41) is 10.2. The number of hydrogen-bond donors (Lipinski definition) is 1. The number of ether oxygens (including phenoxy) is 2. The molecule has 1 spiro atoms. The maximum Gasteiger partial charge on any atom is 0.195 e. The molecule has 34 heavy (non-hydrogen) atoms. The summed E-state index contributed by atoms with van der Waals surface area (Å²) in [6.45, 7) is 5.08. The Morgan fingerprint density at radius 1 is 1.15 bits per heavy atom. The van der Waals surface area contributed by atoms with Gasteiger partial charge in [0.1, 0.15) is 12.4 Å². The molecule has 1 aromatic heterocycles. The van der Waals surface area contributed by atoms with Gasteiger partial charge in [-0.1, -0.05) is 6.07 Å². The van der Waals surface area contributed by atoms with E-state index < -0.39 is 0 Å². The summed E-state index contributed by atoms with van der Waals surface area (Å²) in [5.74, 6) is 3.23. The van der Waals surface area contributed by atoms with Crippen molar-refractivity contribution < 1.29 is 14.3 Å². The molecule has 1 N–H and O–H groups in total. The summed E-state index contributed by atoms with van der Waals surface area (Å²) in [7, 11) is 0. The van der Waals surface area contributed by atoms with E-state index in [1.165, 1.54) is 11.5 Å². The van der Waals surface area contributed by atoms with Gasteiger partial charge in [0.25, 0.3) is 0 Å². The molecule has 0 unspecified atom stereocenters. The van der Waals surface area contributed by atoms with E-state index in [9.17, 15) is 10.1 Å². The van der Waals surface area contributed by atoms with Crippen LogP contribution in [-0.4, -0.2) is 66.6 Å². The molecule has 0 radical (unpaired) electrons. The minimum atomic E-state index is -0.327. The molecule has 3 heterocycles. The first-order chi connectivity index (χ1) is 16.7. The van der Waals surface area contributed by atoms with Crippen molar-refractivity contribution in [3.05, 3.63) is 64.3 Å². The highest BCUT2D eigenvalue weighted by Crippen LogP contribution is 2.50. The van der Waals surface area contributed by atoms with Crippen LogP contribution in [0.2, 0.25) is 0 Å². The zero-order chi connectivity index (χ0) is 23.1. The van der Waals surface area contributed by atoms with Crippen molar-refractivity contribution in [3.8, 4) is 11.8 Å². The fourth-order valence-corrected chi connectivity index (χ4v) is 6.67. The van der Waals surface area contributed by atoms with Gasteiger partial charge in [0.2, 0.25) is 0 Å². The first-order valence-electron chi connectivity index (χ1n) is 12.0. The summed E-state index contributed by atoms with van der Waals surface area (Å²) < 4.78 is 11.9. The number of carbonyl (C=O) groups excluding carboxylic acids is 1. The second kappa shape index (κ2) is 8.77. The summed E-state index contributed by atoms with van der Waals surface area (Å²) in [6, 6.07) is 13.7. The van der Waals surface area contributed by atoms with Crippen molar-refractivity contribution in [2.45, 2.75) is 18.3 Å². The number of benzene rings is 2. The normalized spacial score (nSPS) is 19.6. The molecule has 2 aromatic carbocycles. The van der Waals surface area contributed by atoms with E-state index in [2.05, 4.69) is 22.0 Å². The molecule has 6 nitrogen and oxygen atoms in total. The van der Waals surface area contributed by atoms with Crippen LogP contribution in [0.4, 0.5) is 0 Å². The molecule has 2 saturated heterocycles. The largest absolute Gasteiger partial charge is 0.492 e. The van der Waals surface area contributed by atoms with Crippen LogP contribution in [0, 0.1) is 11.3 Å². The number of H-pyrrole nitrogens is 1. The van der Waals surface area contributed by atoms with E-state index in [1.807, 2.05) is 36.0 Å².